The fourth-order valence-corrected chi connectivity index (χ4v) is 3.61. The zero-order valence-electron chi connectivity index (χ0n) is 15.5. The first kappa shape index (κ1) is 17.1. The van der Waals surface area contributed by atoms with Crippen molar-refractivity contribution in [3.05, 3.63) is 108 Å². The highest BCUT2D eigenvalue weighted by molar-refractivity contribution is 6.00. The summed E-state index contributed by atoms with van der Waals surface area (Å²) in [4.78, 5) is 15.2. The second-order valence-corrected chi connectivity index (χ2v) is 6.79. The van der Waals surface area contributed by atoms with Crippen molar-refractivity contribution in [1.29, 1.82) is 0 Å². The van der Waals surface area contributed by atoms with Crippen LogP contribution in [0, 0.1) is 0 Å². The Labute approximate surface area is 167 Å². The van der Waals surface area contributed by atoms with Crippen molar-refractivity contribution in [2.45, 2.75) is 0 Å². The van der Waals surface area contributed by atoms with Gasteiger partial charge in [-0.1, -0.05) is 72.8 Å². The van der Waals surface area contributed by atoms with Gasteiger partial charge in [0.15, 0.2) is 0 Å². The molecule has 29 heavy (non-hydrogen) atoms. The van der Waals surface area contributed by atoms with Gasteiger partial charge in [-0.05, 0) is 29.0 Å². The molecule has 5 aromatic rings. The molecule has 0 aliphatic heterocycles. The molecule has 0 aliphatic carbocycles. The Morgan fingerprint density at radius 2 is 1.31 bits per heavy atom. The van der Waals surface area contributed by atoms with E-state index in [0.717, 1.165) is 32.8 Å². The Morgan fingerprint density at radius 1 is 0.586 bits per heavy atom. The Kier molecular flexibility index (Phi) is 4.22. The zero-order valence-corrected chi connectivity index (χ0v) is 15.5. The van der Waals surface area contributed by atoms with Crippen LogP contribution < -0.4 is 5.56 Å². The molecule has 4 nitrogen and oxygen atoms in total. The van der Waals surface area contributed by atoms with E-state index < -0.39 is 0 Å². The number of nitrogens with zero attached hydrogens (tertiary/aromatic N) is 2. The minimum atomic E-state index is -0.149. The first-order valence-corrected chi connectivity index (χ1v) is 9.40. The number of hydrogen-bond acceptors (Lipinski definition) is 3. The average Bonchev–Trinajstić information content (AvgIpc) is 2.78. The summed E-state index contributed by atoms with van der Waals surface area (Å²) in [5, 5.41) is 13.4. The predicted molar refractivity (Wildman–Crippen MR) is 118 cm³/mol. The van der Waals surface area contributed by atoms with Gasteiger partial charge in [0.2, 0.25) is 0 Å². The van der Waals surface area contributed by atoms with Crippen molar-refractivity contribution < 1.29 is 0 Å². The summed E-state index contributed by atoms with van der Waals surface area (Å²) in [6.45, 7) is 0. The lowest BCUT2D eigenvalue weighted by Crippen LogP contribution is -2.06. The zero-order chi connectivity index (χ0) is 19.6. The molecule has 0 spiro atoms. The summed E-state index contributed by atoms with van der Waals surface area (Å²) in [6.07, 6.45) is 1.63. The number of H-pyrrole nitrogens is 1. The van der Waals surface area contributed by atoms with E-state index in [1.165, 1.54) is 0 Å². The van der Waals surface area contributed by atoms with Crippen LogP contribution in [0.4, 0.5) is 11.4 Å². The Balaban J connectivity index is 1.75. The summed E-state index contributed by atoms with van der Waals surface area (Å²) < 4.78 is 0. The molecular formula is C25H17N3O. The second kappa shape index (κ2) is 7.17. The van der Waals surface area contributed by atoms with Crippen LogP contribution in [0.25, 0.3) is 32.7 Å². The van der Waals surface area contributed by atoms with Crippen molar-refractivity contribution in [3.63, 3.8) is 0 Å². The summed E-state index contributed by atoms with van der Waals surface area (Å²) in [5.74, 6) is 0. The first-order valence-electron chi connectivity index (χ1n) is 9.40. The van der Waals surface area contributed by atoms with E-state index in [1.54, 1.807) is 12.3 Å². The quantitative estimate of drug-likeness (QED) is 0.348. The Hall–Kier alpha value is -4.05. The molecule has 0 bridgehead atoms. The topological polar surface area (TPSA) is 57.6 Å². The van der Waals surface area contributed by atoms with Crippen LogP contribution in [0.15, 0.2) is 112 Å². The maximum Gasteiger partial charge on any atom is 0.255 e. The van der Waals surface area contributed by atoms with Crippen molar-refractivity contribution in [3.8, 4) is 11.1 Å². The molecule has 1 aromatic heterocycles. The lowest BCUT2D eigenvalue weighted by molar-refractivity contribution is 1.22. The smallest absolute Gasteiger partial charge is 0.255 e. The fourth-order valence-electron chi connectivity index (χ4n) is 3.61. The Bertz CT molecular complexity index is 1430. The van der Waals surface area contributed by atoms with Gasteiger partial charge in [-0.2, -0.15) is 0 Å². The number of nitrogens with one attached hydrogen (secondary N) is 1. The number of azo groups is 1. The van der Waals surface area contributed by atoms with Gasteiger partial charge in [-0.15, -0.1) is 10.2 Å². The van der Waals surface area contributed by atoms with E-state index in [0.29, 0.717) is 11.3 Å². The molecular weight excluding hydrogens is 358 g/mol. The monoisotopic (exact) mass is 375 g/mol. The molecule has 0 fully saturated rings. The Morgan fingerprint density at radius 3 is 2.14 bits per heavy atom. The molecule has 0 atom stereocenters. The number of pyridine rings is 1. The molecule has 0 saturated heterocycles. The lowest BCUT2D eigenvalue weighted by Gasteiger charge is -2.09. The molecule has 1 N–H and O–H groups in total. The normalized spacial score (nSPS) is 11.4. The van der Waals surface area contributed by atoms with Gasteiger partial charge in [-0.3, -0.25) is 4.79 Å². The van der Waals surface area contributed by atoms with Gasteiger partial charge in [0.05, 0.1) is 5.69 Å². The number of hydrogen-bond donors (Lipinski definition) is 1. The van der Waals surface area contributed by atoms with Crippen molar-refractivity contribution in [2.75, 3.05) is 0 Å². The number of rotatable bonds is 3. The molecule has 0 radical (unpaired) electrons. The summed E-state index contributed by atoms with van der Waals surface area (Å²) in [7, 11) is 0. The van der Waals surface area contributed by atoms with E-state index >= 15 is 0 Å². The third-order valence-electron chi connectivity index (χ3n) is 5.03. The van der Waals surface area contributed by atoms with Crippen LogP contribution in [-0.4, -0.2) is 4.98 Å². The highest BCUT2D eigenvalue weighted by atomic mass is 16.1. The number of aromatic nitrogens is 1. The summed E-state index contributed by atoms with van der Waals surface area (Å²) >= 11 is 0. The predicted octanol–water partition coefficient (Wildman–Crippen LogP) is 6.76. The minimum absolute atomic E-state index is 0.149. The van der Waals surface area contributed by atoms with E-state index in [2.05, 4.69) is 27.3 Å². The van der Waals surface area contributed by atoms with Gasteiger partial charge >= 0.3 is 0 Å². The molecule has 0 amide bonds. The summed E-state index contributed by atoms with van der Waals surface area (Å²) in [5.41, 5.74) is 2.67. The molecule has 4 aromatic carbocycles. The third kappa shape index (κ3) is 3.11. The van der Waals surface area contributed by atoms with Crippen molar-refractivity contribution in [1.82, 2.24) is 4.98 Å². The van der Waals surface area contributed by atoms with Gasteiger partial charge in [0, 0.05) is 28.1 Å². The molecule has 138 valence electrons. The van der Waals surface area contributed by atoms with Crippen molar-refractivity contribution in [2.24, 2.45) is 10.2 Å². The van der Waals surface area contributed by atoms with Crippen LogP contribution in [0.3, 0.4) is 0 Å². The first-order chi connectivity index (χ1) is 14.3. The van der Waals surface area contributed by atoms with Crippen LogP contribution in [0.1, 0.15) is 0 Å². The van der Waals surface area contributed by atoms with Crippen molar-refractivity contribution >= 4 is 32.9 Å². The van der Waals surface area contributed by atoms with E-state index in [-0.39, 0.29) is 5.56 Å². The van der Waals surface area contributed by atoms with Gasteiger partial charge in [-0.25, -0.2) is 0 Å². The van der Waals surface area contributed by atoms with Crippen LogP contribution >= 0.6 is 0 Å². The largest absolute Gasteiger partial charge is 0.329 e. The van der Waals surface area contributed by atoms with Gasteiger partial charge < -0.3 is 4.98 Å². The second-order valence-electron chi connectivity index (χ2n) is 6.79. The lowest BCUT2D eigenvalue weighted by atomic mass is 9.99. The maximum atomic E-state index is 12.4. The third-order valence-corrected chi connectivity index (χ3v) is 5.03. The molecule has 0 saturated carbocycles. The number of benzene rings is 4. The van der Waals surface area contributed by atoms with Gasteiger partial charge in [0.25, 0.3) is 5.56 Å². The fraction of sp³-hybridized carbons (Fsp3) is 0. The minimum Gasteiger partial charge on any atom is -0.329 e. The van der Waals surface area contributed by atoms with Crippen LogP contribution in [0.2, 0.25) is 0 Å². The highest BCUT2D eigenvalue weighted by Gasteiger charge is 2.12. The number of fused-ring (bicyclic) bond motifs is 2. The standard InChI is InChI=1S/C25H17N3O/c29-25-22(12-6-16-26-25)21-15-14-18-8-2-4-11-20(18)24(21)28-27-23-13-5-9-17-7-1-3-10-19(17)23/h1-16H,(H,26,29). The molecule has 0 unspecified atom stereocenters. The molecule has 0 aliphatic rings. The number of aromatic amines is 1. The SMILES string of the molecule is O=c1[nH]cccc1-c1ccc2ccccc2c1N=Nc1cccc2ccccc12. The van der Waals surface area contributed by atoms with E-state index in [4.69, 9.17) is 0 Å². The maximum absolute atomic E-state index is 12.4. The summed E-state index contributed by atoms with van der Waals surface area (Å²) in [6, 6.07) is 29.6. The molecule has 1 heterocycles. The average molecular weight is 375 g/mol. The van der Waals surface area contributed by atoms with Crippen LogP contribution in [-0.2, 0) is 0 Å². The highest BCUT2D eigenvalue weighted by Crippen LogP contribution is 2.37. The van der Waals surface area contributed by atoms with E-state index in [9.17, 15) is 4.79 Å². The van der Waals surface area contributed by atoms with E-state index in [1.807, 2.05) is 72.8 Å². The molecule has 4 heteroatoms. The molecule has 5 rings (SSSR count). The van der Waals surface area contributed by atoms with Crippen LogP contribution in [0.5, 0.6) is 0 Å². The van der Waals surface area contributed by atoms with Gasteiger partial charge in [0.1, 0.15) is 5.69 Å².